The minimum absolute atomic E-state index is 0.0124. The first-order valence-corrected chi connectivity index (χ1v) is 10.9. The zero-order valence-corrected chi connectivity index (χ0v) is 18.0. The van der Waals surface area contributed by atoms with Crippen molar-refractivity contribution in [3.63, 3.8) is 0 Å². The molecule has 162 valence electrons. The van der Waals surface area contributed by atoms with Crippen molar-refractivity contribution < 1.29 is 4.79 Å². The van der Waals surface area contributed by atoms with Gasteiger partial charge in [0.15, 0.2) is 0 Å². The lowest BCUT2D eigenvalue weighted by Crippen LogP contribution is -2.38. The van der Waals surface area contributed by atoms with E-state index in [9.17, 15) is 4.79 Å². The number of para-hydroxylation sites is 1. The summed E-state index contributed by atoms with van der Waals surface area (Å²) < 4.78 is 0. The predicted octanol–water partition coefficient (Wildman–Crippen LogP) is 4.87. The smallest absolute Gasteiger partial charge is 0.227 e. The number of benzene rings is 2. The summed E-state index contributed by atoms with van der Waals surface area (Å²) in [5.41, 5.74) is 4.76. The van der Waals surface area contributed by atoms with Gasteiger partial charge < -0.3 is 20.5 Å². The second-order valence-corrected chi connectivity index (χ2v) is 8.21. The first-order chi connectivity index (χ1) is 15.7. The van der Waals surface area contributed by atoms with E-state index < -0.39 is 0 Å². The Labute approximate surface area is 186 Å². The number of aromatic amines is 1. The van der Waals surface area contributed by atoms with Crippen molar-refractivity contribution in [3.8, 4) is 0 Å². The molecule has 5 rings (SSSR count). The third kappa shape index (κ3) is 4.14. The van der Waals surface area contributed by atoms with Crippen LogP contribution < -0.4 is 15.5 Å². The summed E-state index contributed by atoms with van der Waals surface area (Å²) in [4.78, 5) is 27.2. The van der Waals surface area contributed by atoms with Gasteiger partial charge in [0.05, 0.1) is 5.39 Å². The number of rotatable bonds is 5. The molecule has 7 heteroatoms. The Morgan fingerprint density at radius 1 is 1.00 bits per heavy atom. The zero-order chi connectivity index (χ0) is 21.9. The van der Waals surface area contributed by atoms with Crippen LogP contribution in [0.1, 0.15) is 18.4 Å². The average molecular weight is 427 g/mol. The number of amides is 1. The number of nitrogens with one attached hydrogen (secondary N) is 3. The zero-order valence-electron chi connectivity index (χ0n) is 18.0. The van der Waals surface area contributed by atoms with Crippen LogP contribution in [0.25, 0.3) is 11.0 Å². The molecule has 1 saturated heterocycles. The van der Waals surface area contributed by atoms with Crippen molar-refractivity contribution in [2.24, 2.45) is 5.92 Å². The largest absolute Gasteiger partial charge is 0.356 e. The van der Waals surface area contributed by atoms with Crippen LogP contribution in [0.15, 0.2) is 67.1 Å². The Morgan fingerprint density at radius 3 is 2.56 bits per heavy atom. The first kappa shape index (κ1) is 20.1. The third-order valence-electron chi connectivity index (χ3n) is 6.00. The van der Waals surface area contributed by atoms with Gasteiger partial charge in [-0.05, 0) is 55.7 Å². The molecule has 0 spiro atoms. The summed E-state index contributed by atoms with van der Waals surface area (Å²) in [5.74, 6) is 1.01. The van der Waals surface area contributed by atoms with Gasteiger partial charge in [0.2, 0.25) is 5.91 Å². The Morgan fingerprint density at radius 2 is 1.75 bits per heavy atom. The summed E-state index contributed by atoms with van der Waals surface area (Å²) in [6.07, 6.45) is 5.15. The lowest BCUT2D eigenvalue weighted by Gasteiger charge is -2.32. The number of aryl methyl sites for hydroxylation is 1. The van der Waals surface area contributed by atoms with Gasteiger partial charge in [-0.3, -0.25) is 4.79 Å². The van der Waals surface area contributed by atoms with Crippen molar-refractivity contribution in [2.75, 3.05) is 28.6 Å². The minimum Gasteiger partial charge on any atom is -0.356 e. The van der Waals surface area contributed by atoms with Gasteiger partial charge in [0, 0.05) is 42.3 Å². The quantitative estimate of drug-likeness (QED) is 0.424. The Kier molecular flexibility index (Phi) is 5.46. The molecule has 7 nitrogen and oxygen atoms in total. The number of hydrogen-bond acceptors (Lipinski definition) is 5. The monoisotopic (exact) mass is 426 g/mol. The minimum atomic E-state index is -0.0124. The molecule has 0 bridgehead atoms. The van der Waals surface area contributed by atoms with Crippen LogP contribution >= 0.6 is 0 Å². The molecule has 1 aliphatic rings. The van der Waals surface area contributed by atoms with E-state index in [4.69, 9.17) is 0 Å². The maximum absolute atomic E-state index is 12.9. The number of hydrogen-bond donors (Lipinski definition) is 3. The van der Waals surface area contributed by atoms with Crippen molar-refractivity contribution in [1.82, 2.24) is 15.0 Å². The molecule has 0 saturated carbocycles. The topological polar surface area (TPSA) is 85.9 Å². The van der Waals surface area contributed by atoms with Gasteiger partial charge in [-0.1, -0.05) is 24.3 Å². The summed E-state index contributed by atoms with van der Waals surface area (Å²) in [6, 6.07) is 17.8. The van der Waals surface area contributed by atoms with E-state index in [2.05, 4.69) is 37.4 Å². The summed E-state index contributed by atoms with van der Waals surface area (Å²) in [6.45, 7) is 3.65. The molecule has 0 atom stereocenters. The maximum Gasteiger partial charge on any atom is 0.227 e. The molecule has 1 aliphatic heterocycles. The molecule has 1 fully saturated rings. The van der Waals surface area contributed by atoms with Crippen LogP contribution in [0.3, 0.4) is 0 Å². The van der Waals surface area contributed by atoms with E-state index in [1.165, 1.54) is 0 Å². The maximum atomic E-state index is 12.9. The lowest BCUT2D eigenvalue weighted by atomic mass is 9.95. The molecule has 3 N–H and O–H groups in total. The Bertz CT molecular complexity index is 1230. The molecule has 2 aromatic heterocycles. The summed E-state index contributed by atoms with van der Waals surface area (Å²) >= 11 is 0. The van der Waals surface area contributed by atoms with Crippen molar-refractivity contribution in [1.29, 1.82) is 0 Å². The van der Waals surface area contributed by atoms with E-state index in [0.29, 0.717) is 0 Å². The number of aromatic nitrogens is 3. The highest BCUT2D eigenvalue weighted by Gasteiger charge is 2.27. The molecular weight excluding hydrogens is 400 g/mol. The van der Waals surface area contributed by atoms with Crippen molar-refractivity contribution >= 4 is 39.8 Å². The van der Waals surface area contributed by atoms with Gasteiger partial charge >= 0.3 is 0 Å². The number of carbonyl (C=O) groups excluding carboxylic acids is 1. The van der Waals surface area contributed by atoms with E-state index in [-0.39, 0.29) is 11.8 Å². The SMILES string of the molecule is Cc1c[nH]c2ncnc(N3CCC(C(=O)Nc4cccc(Nc5ccccc5)c4)CC3)c12. The van der Waals surface area contributed by atoms with Crippen LogP contribution in [0.4, 0.5) is 22.9 Å². The highest BCUT2D eigenvalue weighted by atomic mass is 16.1. The summed E-state index contributed by atoms with van der Waals surface area (Å²) in [7, 11) is 0. The molecule has 0 unspecified atom stereocenters. The van der Waals surface area contributed by atoms with E-state index in [1.807, 2.05) is 60.8 Å². The van der Waals surface area contributed by atoms with Gasteiger partial charge in [-0.25, -0.2) is 9.97 Å². The normalized spacial score (nSPS) is 14.5. The fourth-order valence-electron chi connectivity index (χ4n) is 4.30. The molecular formula is C25H26N6O. The van der Waals surface area contributed by atoms with Crippen LogP contribution in [-0.4, -0.2) is 33.9 Å². The van der Waals surface area contributed by atoms with E-state index >= 15 is 0 Å². The summed E-state index contributed by atoms with van der Waals surface area (Å²) in [5, 5.41) is 7.53. The van der Waals surface area contributed by atoms with Gasteiger partial charge in [0.1, 0.15) is 17.8 Å². The molecule has 0 aliphatic carbocycles. The van der Waals surface area contributed by atoms with Crippen LogP contribution in [0, 0.1) is 12.8 Å². The molecule has 1 amide bonds. The second-order valence-electron chi connectivity index (χ2n) is 8.21. The highest BCUT2D eigenvalue weighted by molar-refractivity contribution is 5.94. The van der Waals surface area contributed by atoms with Gasteiger partial charge in [0.25, 0.3) is 0 Å². The Balaban J connectivity index is 1.21. The Hall–Kier alpha value is -3.87. The fraction of sp³-hybridized carbons (Fsp3) is 0.240. The van der Waals surface area contributed by atoms with Crippen LogP contribution in [0.2, 0.25) is 0 Å². The predicted molar refractivity (Wildman–Crippen MR) is 128 cm³/mol. The number of fused-ring (bicyclic) bond motifs is 1. The fourth-order valence-corrected chi connectivity index (χ4v) is 4.30. The van der Waals surface area contributed by atoms with E-state index in [0.717, 1.165) is 65.4 Å². The van der Waals surface area contributed by atoms with Crippen molar-refractivity contribution in [3.05, 3.63) is 72.7 Å². The lowest BCUT2D eigenvalue weighted by molar-refractivity contribution is -0.120. The van der Waals surface area contributed by atoms with Crippen LogP contribution in [-0.2, 0) is 4.79 Å². The molecule has 0 radical (unpaired) electrons. The van der Waals surface area contributed by atoms with Crippen LogP contribution in [0.5, 0.6) is 0 Å². The van der Waals surface area contributed by atoms with Gasteiger partial charge in [-0.2, -0.15) is 0 Å². The van der Waals surface area contributed by atoms with Crippen molar-refractivity contribution in [2.45, 2.75) is 19.8 Å². The number of carbonyl (C=O) groups is 1. The highest BCUT2D eigenvalue weighted by Crippen LogP contribution is 2.30. The molecule has 4 aromatic rings. The number of H-pyrrole nitrogens is 1. The van der Waals surface area contributed by atoms with E-state index in [1.54, 1.807) is 6.33 Å². The second kappa shape index (κ2) is 8.70. The third-order valence-corrected chi connectivity index (χ3v) is 6.00. The number of anilines is 4. The van der Waals surface area contributed by atoms with Gasteiger partial charge in [-0.15, -0.1) is 0 Å². The molecule has 3 heterocycles. The number of piperidine rings is 1. The molecule has 32 heavy (non-hydrogen) atoms. The average Bonchev–Trinajstić information content (AvgIpc) is 3.21. The first-order valence-electron chi connectivity index (χ1n) is 10.9. The standard InChI is InChI=1S/C25H26N6O/c1-17-15-26-23-22(17)24(28-16-27-23)31-12-10-18(11-13-31)25(32)30-21-9-5-8-20(14-21)29-19-6-3-2-4-7-19/h2-9,14-16,18,29H,10-13H2,1H3,(H,30,32)(H,26,27,28). The molecule has 2 aromatic carbocycles. The number of nitrogens with zero attached hydrogens (tertiary/aromatic N) is 3.